The highest BCUT2D eigenvalue weighted by Gasteiger charge is 2.54. The Hall–Kier alpha value is -5.76. The molecule has 2 heterocycles. The molecule has 13 nitrogen and oxygen atoms in total. The Bertz CT molecular complexity index is 2110. The number of aryl methyl sites for hydroxylation is 1. The van der Waals surface area contributed by atoms with Gasteiger partial charge in [-0.2, -0.15) is 0 Å². The first-order valence-electron chi connectivity index (χ1n) is 19.4. The van der Waals surface area contributed by atoms with E-state index in [-0.39, 0.29) is 74.0 Å². The lowest BCUT2D eigenvalue weighted by atomic mass is 9.77. The van der Waals surface area contributed by atoms with Crippen LogP contribution in [0.3, 0.4) is 0 Å². The topological polar surface area (TPSA) is 176 Å². The fourth-order valence-corrected chi connectivity index (χ4v) is 6.03. The van der Waals surface area contributed by atoms with E-state index in [4.69, 9.17) is 31.2 Å². The Morgan fingerprint density at radius 3 is 1.98 bits per heavy atom. The molecule has 0 aliphatic carbocycles. The summed E-state index contributed by atoms with van der Waals surface area (Å²) >= 11 is 0. The van der Waals surface area contributed by atoms with E-state index in [1.54, 1.807) is 102 Å². The van der Waals surface area contributed by atoms with E-state index in [1.807, 2.05) is 0 Å². The summed E-state index contributed by atoms with van der Waals surface area (Å²) in [7, 11) is 1.29. The minimum absolute atomic E-state index is 0.0680. The van der Waals surface area contributed by atoms with E-state index in [2.05, 4.69) is 10.4 Å². The molecule has 0 atom stereocenters. The van der Waals surface area contributed by atoms with E-state index in [0.717, 1.165) is 5.56 Å². The third kappa shape index (κ3) is 9.28. The van der Waals surface area contributed by atoms with Crippen molar-refractivity contribution in [2.45, 2.75) is 60.7 Å². The number of carbonyl (C=O) groups is 4. The van der Waals surface area contributed by atoms with Crippen molar-refractivity contribution >= 4 is 23.8 Å². The van der Waals surface area contributed by atoms with Gasteiger partial charge in [0.05, 0.1) is 36.2 Å². The van der Waals surface area contributed by atoms with Crippen LogP contribution in [0, 0.1) is 17.7 Å². The molecule has 0 saturated carbocycles. The Balaban J connectivity index is 0.00000214. The number of nitrogens with one attached hydrogen (secondary N) is 1. The minimum atomic E-state index is -1.58. The average molecular weight is 787 g/mol. The van der Waals surface area contributed by atoms with Gasteiger partial charge in [-0.1, -0.05) is 6.07 Å². The zero-order valence-corrected chi connectivity index (χ0v) is 33.1. The Morgan fingerprint density at radius 2 is 1.42 bits per heavy atom. The largest absolute Gasteiger partial charge is 0.491 e. The Kier molecular flexibility index (Phi) is 11.9. The maximum absolute atomic E-state index is 13.6. The third-order valence-corrected chi connectivity index (χ3v) is 8.89. The molecule has 57 heavy (non-hydrogen) atoms. The molecule has 0 saturated heterocycles. The standard InChI is InChI=1S/C43H45NO11.CH4O/c1-25-18-26(24-45)20-30(19-25)51-17-16-50-15-14-44-37(46)27-8-11-31-34(21-27)43(55-38(31)47)32-12-9-28(52-39(48)41(2,3)4)22-35(32)54-36-23-29(10-13-33(36)43)53-40(49)42(5,6)7;1-2/h8-13,18-23,45H,14-17,24H2,1-7H3,(H,44,46);2H,1H3/i1D;2T. The van der Waals surface area contributed by atoms with E-state index in [1.165, 1.54) is 19.2 Å². The third-order valence-electron chi connectivity index (χ3n) is 8.89. The molecule has 6 rings (SSSR count). The average Bonchev–Trinajstić information content (AvgIpc) is 3.47. The summed E-state index contributed by atoms with van der Waals surface area (Å²) in [5.74, 6) is -0.547. The number of hydrogen-bond donors (Lipinski definition) is 3. The summed E-state index contributed by atoms with van der Waals surface area (Å²) < 4.78 is 48.6. The molecule has 0 radical (unpaired) electrons. The molecule has 0 bridgehead atoms. The molecule has 2 aliphatic heterocycles. The highest BCUT2D eigenvalue weighted by molar-refractivity contribution is 6.00. The summed E-state index contributed by atoms with van der Waals surface area (Å²) in [6, 6.07) is 19.5. The second-order valence-electron chi connectivity index (χ2n) is 15.4. The van der Waals surface area contributed by atoms with Crippen LogP contribution in [0.5, 0.6) is 28.7 Å². The van der Waals surface area contributed by atoms with Crippen LogP contribution in [-0.2, 0) is 31.3 Å². The van der Waals surface area contributed by atoms with Crippen LogP contribution in [0.25, 0.3) is 0 Å². The van der Waals surface area contributed by atoms with E-state index < -0.39 is 40.2 Å². The van der Waals surface area contributed by atoms with Gasteiger partial charge in [0.2, 0.25) is 1.43 Å². The smallest absolute Gasteiger partial charge is 0.340 e. The van der Waals surface area contributed by atoms with Gasteiger partial charge in [0.25, 0.3) is 5.91 Å². The molecule has 4 aromatic carbocycles. The number of aliphatic hydroxyl groups is 2. The number of benzene rings is 4. The Labute approximate surface area is 334 Å². The van der Waals surface area contributed by atoms with Gasteiger partial charge in [-0.3, -0.25) is 14.4 Å². The second kappa shape index (κ2) is 17.2. The van der Waals surface area contributed by atoms with Crippen molar-refractivity contribution in [3.8, 4) is 28.7 Å². The number of hydrogen-bond acceptors (Lipinski definition) is 12. The van der Waals surface area contributed by atoms with Crippen LogP contribution >= 0.6 is 0 Å². The highest BCUT2D eigenvalue weighted by atomic mass is 16.6. The first-order chi connectivity index (χ1) is 27.9. The summed E-state index contributed by atoms with van der Waals surface area (Å²) in [5.41, 5.74) is 0.0141. The molecule has 302 valence electrons. The van der Waals surface area contributed by atoms with Gasteiger partial charge in [-0.25, -0.2) is 4.79 Å². The number of fused-ring (bicyclic) bond motifs is 6. The van der Waals surface area contributed by atoms with Crippen molar-refractivity contribution in [2.75, 3.05) is 33.5 Å². The molecule has 13 heteroatoms. The van der Waals surface area contributed by atoms with E-state index in [0.29, 0.717) is 28.0 Å². The molecule has 0 fully saturated rings. The normalized spacial score (nSPS) is 13.9. The van der Waals surface area contributed by atoms with Crippen LogP contribution in [0.4, 0.5) is 0 Å². The second-order valence-corrected chi connectivity index (χ2v) is 15.4. The number of ether oxygens (including phenoxy) is 6. The Morgan fingerprint density at radius 1 is 0.807 bits per heavy atom. The summed E-state index contributed by atoms with van der Waals surface area (Å²) in [6.07, 6.45) is 0. The zero-order valence-electron chi connectivity index (χ0n) is 35.1. The number of aliphatic hydroxyl groups excluding tert-OH is 2. The zero-order chi connectivity index (χ0) is 43.1. The number of carbonyl (C=O) groups excluding carboxylic acids is 4. The number of amides is 1. The van der Waals surface area contributed by atoms with Crippen molar-refractivity contribution in [1.29, 1.82) is 1.43 Å². The SMILES string of the molecule is [2H]Cc1cc(CO)cc(OCCOCCNC(=O)c2ccc3c(c2)C2(OC3=O)c3ccc(OC(=O)C(C)(C)C)cc3Oc3cc(OC(=O)C(C)(C)C)ccc32)c1.[3H]OC. The van der Waals surface area contributed by atoms with Gasteiger partial charge in [0.1, 0.15) is 35.4 Å². The first kappa shape index (κ1) is 39.5. The van der Waals surface area contributed by atoms with Crippen LogP contribution in [-0.4, -0.2) is 68.9 Å². The molecule has 1 spiro atoms. The molecule has 0 aromatic heterocycles. The number of rotatable bonds is 11. The predicted octanol–water partition coefficient (Wildman–Crippen LogP) is 6.39. The summed E-state index contributed by atoms with van der Waals surface area (Å²) in [6.45, 7) is 11.2. The van der Waals surface area contributed by atoms with Crippen LogP contribution in [0.2, 0.25) is 0 Å². The molecular weight excluding hydrogens is 734 g/mol. The molecule has 4 aromatic rings. The lowest BCUT2D eigenvalue weighted by Crippen LogP contribution is -2.34. The monoisotopic (exact) mass is 786 g/mol. The lowest BCUT2D eigenvalue weighted by Gasteiger charge is -2.37. The van der Waals surface area contributed by atoms with E-state index in [9.17, 15) is 24.3 Å². The predicted molar refractivity (Wildman–Crippen MR) is 209 cm³/mol. The molecule has 1 amide bonds. The van der Waals surface area contributed by atoms with Gasteiger partial charge in [-0.05, 0) is 114 Å². The van der Waals surface area contributed by atoms with Crippen molar-refractivity contribution < 1.29 is 59.2 Å². The lowest BCUT2D eigenvalue weighted by molar-refractivity contribution is -0.143. The highest BCUT2D eigenvalue weighted by Crippen LogP contribution is 2.57. The summed E-state index contributed by atoms with van der Waals surface area (Å²) in [4.78, 5) is 52.6. The molecular formula is C44H49NO12. The fourth-order valence-electron chi connectivity index (χ4n) is 6.03. The van der Waals surface area contributed by atoms with Gasteiger partial charge in [0.15, 0.2) is 5.60 Å². The fraction of sp³-hybridized carbons (Fsp3) is 0.364. The van der Waals surface area contributed by atoms with Crippen molar-refractivity contribution in [1.82, 2.24) is 5.32 Å². The minimum Gasteiger partial charge on any atom is -0.491 e. The maximum atomic E-state index is 13.6. The molecule has 0 unspecified atom stereocenters. The summed E-state index contributed by atoms with van der Waals surface area (Å²) in [5, 5.41) is 15.8. The maximum Gasteiger partial charge on any atom is 0.340 e. The van der Waals surface area contributed by atoms with Crippen LogP contribution in [0.15, 0.2) is 72.8 Å². The van der Waals surface area contributed by atoms with Crippen molar-refractivity contribution in [2.24, 2.45) is 10.8 Å². The van der Waals surface area contributed by atoms with Gasteiger partial charge < -0.3 is 44.0 Å². The van der Waals surface area contributed by atoms with Gasteiger partial charge >= 0.3 is 17.9 Å². The van der Waals surface area contributed by atoms with E-state index >= 15 is 0 Å². The van der Waals surface area contributed by atoms with Gasteiger partial charge in [0, 0.05) is 49.4 Å². The van der Waals surface area contributed by atoms with Crippen molar-refractivity contribution in [3.05, 3.63) is 112 Å². The van der Waals surface area contributed by atoms with Crippen molar-refractivity contribution in [3.63, 3.8) is 0 Å². The quantitative estimate of drug-likeness (QED) is 0.0869. The molecule has 3 N–H and O–H groups in total. The van der Waals surface area contributed by atoms with Crippen LogP contribution in [0.1, 0.15) is 91.4 Å². The van der Waals surface area contributed by atoms with Crippen LogP contribution < -0.4 is 24.3 Å². The van der Waals surface area contributed by atoms with Gasteiger partial charge in [-0.15, -0.1) is 0 Å². The number of esters is 3. The first-order valence-corrected chi connectivity index (χ1v) is 18.3. The molecule has 2 aliphatic rings.